The molecule has 5 rings (SSSR count). The summed E-state index contributed by atoms with van der Waals surface area (Å²) < 4.78 is 0. The first-order chi connectivity index (χ1) is 22.6. The Morgan fingerprint density at radius 2 is 1.51 bits per heavy atom. The van der Waals surface area contributed by atoms with E-state index in [9.17, 15) is 29.1 Å². The summed E-state index contributed by atoms with van der Waals surface area (Å²) in [6.07, 6.45) is 8.18. The molecule has 2 spiro atoms. The van der Waals surface area contributed by atoms with Gasteiger partial charge >= 0.3 is 5.97 Å². The van der Waals surface area contributed by atoms with Crippen molar-refractivity contribution < 1.29 is 29.1 Å². The lowest BCUT2D eigenvalue weighted by atomic mass is 9.73. The Morgan fingerprint density at radius 3 is 1.98 bits per heavy atom. The first kappa shape index (κ1) is 37.3. The van der Waals surface area contributed by atoms with Gasteiger partial charge in [-0.1, -0.05) is 81.2 Å². The number of fused-ring (bicyclic) bond motifs is 1. The average Bonchev–Trinajstić information content (AvgIpc) is 3.72. The fourth-order valence-electron chi connectivity index (χ4n) is 10.0. The first-order valence-corrected chi connectivity index (χ1v) is 18.5. The molecular weight excluding hydrogens is 622 g/mol. The van der Waals surface area contributed by atoms with Crippen LogP contribution in [0.3, 0.4) is 0 Å². The number of amides is 4. The highest BCUT2D eigenvalue weighted by atomic mass is 16.4. The van der Waals surface area contributed by atoms with Crippen LogP contribution in [-0.4, -0.2) is 93.8 Å². The SMILES string of the molecule is C=C[C@@H]1C[C@]1(NC(=O)[C@@H]1C[C@@]2(CN1C(=O)[C@@H](NC(=O)[C@@H](NC(=O)[C@@H]1CCCCN1CC)C(C)(C)C)C(C)(C)C)C(C)(C)C21CCC1)C(=O)O. The van der Waals surface area contributed by atoms with E-state index in [0.717, 1.165) is 51.6 Å². The van der Waals surface area contributed by atoms with E-state index in [1.807, 2.05) is 48.5 Å². The molecule has 5 aliphatic rings. The summed E-state index contributed by atoms with van der Waals surface area (Å²) in [5.41, 5.74) is -3.13. The fraction of sp³-hybridized carbons (Fsp3) is 0.816. The van der Waals surface area contributed by atoms with Crippen molar-refractivity contribution >= 4 is 29.6 Å². The van der Waals surface area contributed by atoms with Gasteiger partial charge in [0.05, 0.1) is 6.04 Å². The third-order valence-electron chi connectivity index (χ3n) is 13.6. The van der Waals surface area contributed by atoms with Crippen LogP contribution in [0.15, 0.2) is 12.7 Å². The minimum atomic E-state index is -1.42. The molecule has 7 atom stereocenters. The summed E-state index contributed by atoms with van der Waals surface area (Å²) in [6, 6.07) is -3.08. The van der Waals surface area contributed by atoms with Crippen LogP contribution in [0.5, 0.6) is 0 Å². The molecule has 2 heterocycles. The van der Waals surface area contributed by atoms with Crippen molar-refractivity contribution in [3.8, 4) is 0 Å². The van der Waals surface area contributed by atoms with E-state index in [-0.39, 0.29) is 46.4 Å². The lowest BCUT2D eigenvalue weighted by Crippen LogP contribution is -2.63. The van der Waals surface area contributed by atoms with Crippen molar-refractivity contribution in [2.45, 2.75) is 143 Å². The maximum absolute atomic E-state index is 14.9. The van der Waals surface area contributed by atoms with Crippen LogP contribution in [0.1, 0.15) is 114 Å². The third kappa shape index (κ3) is 5.89. The van der Waals surface area contributed by atoms with E-state index in [1.165, 1.54) is 0 Å². The number of rotatable bonds is 10. The van der Waals surface area contributed by atoms with E-state index >= 15 is 0 Å². The summed E-state index contributed by atoms with van der Waals surface area (Å²) in [4.78, 5) is 72.9. The number of aliphatic carboxylic acids is 1. The second-order valence-corrected chi connectivity index (χ2v) is 18.4. The van der Waals surface area contributed by atoms with Crippen LogP contribution in [-0.2, 0) is 24.0 Å². The summed E-state index contributed by atoms with van der Waals surface area (Å²) >= 11 is 0. The molecule has 3 aliphatic carbocycles. The van der Waals surface area contributed by atoms with E-state index in [0.29, 0.717) is 13.0 Å². The van der Waals surface area contributed by atoms with Gasteiger partial charge in [0.15, 0.2) is 0 Å². The number of piperidine rings is 1. The van der Waals surface area contributed by atoms with Gasteiger partial charge in [-0.15, -0.1) is 6.58 Å². The number of nitrogens with zero attached hydrogens (tertiary/aromatic N) is 2. The highest BCUT2D eigenvalue weighted by Gasteiger charge is 2.85. The van der Waals surface area contributed by atoms with E-state index in [1.54, 1.807) is 11.0 Å². The number of likely N-dealkylation sites (tertiary alicyclic amines) is 2. The predicted molar refractivity (Wildman–Crippen MR) is 187 cm³/mol. The molecule has 0 aromatic carbocycles. The smallest absolute Gasteiger partial charge is 0.330 e. The van der Waals surface area contributed by atoms with Crippen molar-refractivity contribution in [2.75, 3.05) is 19.6 Å². The quantitative estimate of drug-likeness (QED) is 0.256. The molecule has 0 unspecified atom stereocenters. The van der Waals surface area contributed by atoms with E-state index in [4.69, 9.17) is 0 Å². The maximum Gasteiger partial charge on any atom is 0.330 e. The van der Waals surface area contributed by atoms with Crippen LogP contribution in [0.25, 0.3) is 0 Å². The number of carbonyl (C=O) groups excluding carboxylic acids is 4. The Hall–Kier alpha value is -2.95. The average molecular weight is 684 g/mol. The van der Waals surface area contributed by atoms with Crippen molar-refractivity contribution in [3.05, 3.63) is 12.7 Å². The van der Waals surface area contributed by atoms with Crippen LogP contribution >= 0.6 is 0 Å². The summed E-state index contributed by atoms with van der Waals surface area (Å²) in [7, 11) is 0. The number of hydrogen-bond acceptors (Lipinski definition) is 6. The first-order valence-electron chi connectivity index (χ1n) is 18.5. The van der Waals surface area contributed by atoms with Crippen molar-refractivity contribution in [3.63, 3.8) is 0 Å². The molecule has 0 radical (unpaired) electrons. The second-order valence-electron chi connectivity index (χ2n) is 18.4. The van der Waals surface area contributed by atoms with Crippen LogP contribution < -0.4 is 16.0 Å². The lowest BCUT2D eigenvalue weighted by molar-refractivity contribution is -0.147. The van der Waals surface area contributed by atoms with Crippen LogP contribution in [0.4, 0.5) is 0 Å². The molecule has 3 saturated carbocycles. The minimum Gasteiger partial charge on any atom is -0.479 e. The number of carboxylic acid groups (broad SMARTS) is 1. The van der Waals surface area contributed by atoms with Gasteiger partial charge in [0.25, 0.3) is 0 Å². The largest absolute Gasteiger partial charge is 0.479 e. The highest BCUT2D eigenvalue weighted by molar-refractivity contribution is 5.98. The summed E-state index contributed by atoms with van der Waals surface area (Å²) in [5, 5.41) is 19.0. The Bertz CT molecular complexity index is 1390. The topological polar surface area (TPSA) is 148 Å². The monoisotopic (exact) mass is 683 g/mol. The minimum absolute atomic E-state index is 0.0366. The number of carbonyl (C=O) groups is 5. The lowest BCUT2D eigenvalue weighted by Gasteiger charge is -2.39. The fourth-order valence-corrected chi connectivity index (χ4v) is 10.0. The molecule has 274 valence electrons. The number of hydrogen-bond donors (Lipinski definition) is 4. The molecule has 2 aliphatic heterocycles. The highest BCUT2D eigenvalue weighted by Crippen LogP contribution is 2.88. The van der Waals surface area contributed by atoms with Gasteiger partial charge in [0.1, 0.15) is 23.7 Å². The molecular formula is C38H61N5O6. The Kier molecular flexibility index (Phi) is 9.42. The van der Waals surface area contributed by atoms with Gasteiger partial charge in [-0.3, -0.25) is 24.1 Å². The van der Waals surface area contributed by atoms with Gasteiger partial charge in [0, 0.05) is 17.9 Å². The molecule has 2 saturated heterocycles. The molecule has 4 amide bonds. The molecule has 49 heavy (non-hydrogen) atoms. The zero-order chi connectivity index (χ0) is 36.5. The Morgan fingerprint density at radius 1 is 0.878 bits per heavy atom. The summed E-state index contributed by atoms with van der Waals surface area (Å²) in [6.45, 7) is 23.6. The zero-order valence-electron chi connectivity index (χ0n) is 31.3. The van der Waals surface area contributed by atoms with Crippen molar-refractivity contribution in [1.29, 1.82) is 0 Å². The molecule has 11 heteroatoms. The third-order valence-corrected chi connectivity index (χ3v) is 13.6. The number of carboxylic acids is 1. The summed E-state index contributed by atoms with van der Waals surface area (Å²) in [5.74, 6) is -2.95. The van der Waals surface area contributed by atoms with Gasteiger partial charge in [-0.25, -0.2) is 4.79 Å². The molecule has 0 aromatic rings. The molecule has 0 aromatic heterocycles. The van der Waals surface area contributed by atoms with Crippen molar-refractivity contribution in [2.24, 2.45) is 33.0 Å². The van der Waals surface area contributed by atoms with Gasteiger partial charge in [-0.2, -0.15) is 0 Å². The second kappa shape index (κ2) is 12.4. The number of likely N-dealkylation sites (N-methyl/N-ethyl adjacent to an activating group) is 1. The van der Waals surface area contributed by atoms with Gasteiger partial charge < -0.3 is 26.0 Å². The number of nitrogens with one attached hydrogen (secondary N) is 3. The molecule has 5 fully saturated rings. The molecule has 11 nitrogen and oxygen atoms in total. The standard InChI is InChI=1S/C38H61N5O6/c1-11-23-20-38(23,32(48)49)41-29(45)25-21-37(35(9,10)36(37)17-15-18-36)22-43(25)31(47)27(34(6,7)8)40-30(46)26(33(3,4)5)39-28(44)24-16-13-14-19-42(24)12-2/h11,23-27H,1,12-22H2,2-10H3,(H,39,44)(H,40,46)(H,41,45)(H,48,49)/t23-,24+,25+,26-,27-,37-,38-/m1/s1. The Balaban J connectivity index is 1.42. The predicted octanol–water partition coefficient (Wildman–Crippen LogP) is 3.87. The van der Waals surface area contributed by atoms with Crippen molar-refractivity contribution in [1.82, 2.24) is 25.8 Å². The van der Waals surface area contributed by atoms with Gasteiger partial charge in [-0.05, 0) is 73.3 Å². The maximum atomic E-state index is 14.9. The molecule has 4 N–H and O–H groups in total. The van der Waals surface area contributed by atoms with E-state index < -0.39 is 52.3 Å². The molecule has 0 bridgehead atoms. The van der Waals surface area contributed by atoms with Crippen LogP contribution in [0.2, 0.25) is 0 Å². The Labute approximate surface area is 292 Å². The van der Waals surface area contributed by atoms with Gasteiger partial charge in [0.2, 0.25) is 23.6 Å². The van der Waals surface area contributed by atoms with E-state index in [2.05, 4.69) is 41.3 Å². The van der Waals surface area contributed by atoms with Crippen LogP contribution in [0, 0.1) is 33.0 Å². The zero-order valence-corrected chi connectivity index (χ0v) is 31.3. The normalized spacial score (nSPS) is 32.8.